The molecule has 240 valence electrons. The van der Waals surface area contributed by atoms with E-state index in [0.717, 1.165) is 70.1 Å². The van der Waals surface area contributed by atoms with Crippen molar-refractivity contribution in [2.45, 2.75) is 32.9 Å². The van der Waals surface area contributed by atoms with Crippen LogP contribution < -0.4 is 16.4 Å². The molecule has 2 aliphatic heterocycles. The van der Waals surface area contributed by atoms with Gasteiger partial charge in [0.2, 0.25) is 17.8 Å². The van der Waals surface area contributed by atoms with Crippen LogP contribution in [0.5, 0.6) is 0 Å². The molecule has 5 rings (SSSR count). The largest absolute Gasteiger partial charge is 0.341 e. The lowest BCUT2D eigenvalue weighted by Crippen LogP contribution is -2.50. The van der Waals surface area contributed by atoms with Crippen LogP contribution >= 0.6 is 0 Å². The van der Waals surface area contributed by atoms with E-state index in [2.05, 4.69) is 48.1 Å². The SMILES string of the molecule is C=C/C(=C1/NC(N2CCC(N)C2)=NC(=NCc2ccccc2-c2nccc3cc(NC(=O)/C=C/CN(C)C)ccc23)N1C)C(C)C. The number of carbonyl (C=O) groups excluding carboxylic acids is 1. The number of anilines is 1. The number of aromatic nitrogens is 1. The number of carbonyl (C=O) groups is 1. The molecule has 3 aromatic rings. The van der Waals surface area contributed by atoms with Gasteiger partial charge in [0.15, 0.2) is 0 Å². The van der Waals surface area contributed by atoms with Crippen molar-refractivity contribution in [3.05, 3.63) is 96.5 Å². The summed E-state index contributed by atoms with van der Waals surface area (Å²) in [6.45, 7) is 11.1. The summed E-state index contributed by atoms with van der Waals surface area (Å²) in [6, 6.07) is 16.2. The summed E-state index contributed by atoms with van der Waals surface area (Å²) >= 11 is 0. The summed E-state index contributed by atoms with van der Waals surface area (Å²) in [5.74, 6) is 2.40. The lowest BCUT2D eigenvalue weighted by Gasteiger charge is -2.34. The molecule has 1 atom stereocenters. The minimum absolute atomic E-state index is 0.123. The van der Waals surface area contributed by atoms with Gasteiger partial charge in [0.1, 0.15) is 5.82 Å². The standard InChI is InChI=1S/C36H45N9O/c1-7-29(24(2)3)34-41-36(45-20-17-27(37)23-45)42-35(44(34)6)39-22-26-11-8-9-12-30(26)33-31-15-14-28(21-25(31)16-18-38-33)40-32(46)13-10-19-43(4)5/h7-16,18,21,24,27H,1,17,19-20,22-23,37H2,2-6H3,(H,40,46)(H,39,41,42)/b13-10+,34-29+. The Morgan fingerprint density at radius 2 is 2.04 bits per heavy atom. The zero-order valence-electron chi connectivity index (χ0n) is 27.5. The normalized spacial score (nSPS) is 18.9. The molecule has 2 aliphatic rings. The van der Waals surface area contributed by atoms with Crippen LogP contribution in [0.3, 0.4) is 0 Å². The van der Waals surface area contributed by atoms with Crippen molar-refractivity contribution < 1.29 is 4.79 Å². The molecule has 0 radical (unpaired) electrons. The first-order valence-corrected chi connectivity index (χ1v) is 15.7. The Kier molecular flexibility index (Phi) is 10.3. The Hall–Kier alpha value is -4.80. The molecule has 1 unspecified atom stereocenters. The fourth-order valence-corrected chi connectivity index (χ4v) is 5.70. The van der Waals surface area contributed by atoms with Gasteiger partial charge in [0.25, 0.3) is 0 Å². The van der Waals surface area contributed by atoms with E-state index in [0.29, 0.717) is 19.0 Å². The molecule has 1 saturated heterocycles. The van der Waals surface area contributed by atoms with Crippen LogP contribution in [-0.4, -0.2) is 84.3 Å². The number of likely N-dealkylation sites (tertiary alicyclic amines) is 1. The number of allylic oxidation sites excluding steroid dienone is 2. The Balaban J connectivity index is 1.46. The first-order chi connectivity index (χ1) is 22.1. The quantitative estimate of drug-likeness (QED) is 0.295. The smallest absolute Gasteiger partial charge is 0.248 e. The molecule has 10 nitrogen and oxygen atoms in total. The van der Waals surface area contributed by atoms with E-state index in [1.165, 1.54) is 0 Å². The van der Waals surface area contributed by atoms with Gasteiger partial charge in [-0.25, -0.2) is 4.99 Å². The van der Waals surface area contributed by atoms with E-state index < -0.39 is 0 Å². The highest BCUT2D eigenvalue weighted by Gasteiger charge is 2.29. The van der Waals surface area contributed by atoms with Crippen molar-refractivity contribution in [2.75, 3.05) is 46.1 Å². The average Bonchev–Trinajstić information content (AvgIpc) is 3.47. The highest BCUT2D eigenvalue weighted by molar-refractivity contribution is 6.03. The molecule has 0 aliphatic carbocycles. The van der Waals surface area contributed by atoms with Crippen molar-refractivity contribution >= 4 is 34.3 Å². The van der Waals surface area contributed by atoms with Gasteiger partial charge in [-0.05, 0) is 61.2 Å². The topological polar surface area (TPSA) is 114 Å². The molecule has 2 aromatic carbocycles. The Morgan fingerprint density at radius 1 is 1.24 bits per heavy atom. The number of hydrogen-bond acceptors (Lipinski definition) is 7. The number of pyridine rings is 1. The highest BCUT2D eigenvalue weighted by Crippen LogP contribution is 2.31. The summed E-state index contributed by atoms with van der Waals surface area (Å²) in [6.07, 6.45) is 8.04. The number of nitrogens with zero attached hydrogens (tertiary/aromatic N) is 6. The van der Waals surface area contributed by atoms with Gasteiger partial charge < -0.3 is 26.2 Å². The summed E-state index contributed by atoms with van der Waals surface area (Å²) in [5, 5.41) is 8.49. The van der Waals surface area contributed by atoms with Crippen molar-refractivity contribution in [2.24, 2.45) is 21.6 Å². The molecule has 0 saturated carbocycles. The molecule has 46 heavy (non-hydrogen) atoms. The van der Waals surface area contributed by atoms with Gasteiger partial charge in [-0.3, -0.25) is 14.7 Å². The summed E-state index contributed by atoms with van der Waals surface area (Å²) in [7, 11) is 5.91. The number of benzene rings is 2. The Bertz CT molecular complexity index is 1720. The summed E-state index contributed by atoms with van der Waals surface area (Å²) in [4.78, 5) is 33.4. The summed E-state index contributed by atoms with van der Waals surface area (Å²) < 4.78 is 0. The van der Waals surface area contributed by atoms with Crippen LogP contribution in [-0.2, 0) is 11.3 Å². The average molecular weight is 620 g/mol. The van der Waals surface area contributed by atoms with Crippen molar-refractivity contribution in [1.82, 2.24) is 25.0 Å². The van der Waals surface area contributed by atoms with E-state index in [-0.39, 0.29) is 17.9 Å². The third-order valence-electron chi connectivity index (χ3n) is 8.15. The Morgan fingerprint density at radius 3 is 2.76 bits per heavy atom. The number of amides is 1. The summed E-state index contributed by atoms with van der Waals surface area (Å²) in [5.41, 5.74) is 11.0. The van der Waals surface area contributed by atoms with Gasteiger partial charge in [-0.15, -0.1) is 0 Å². The predicted molar refractivity (Wildman–Crippen MR) is 189 cm³/mol. The monoisotopic (exact) mass is 619 g/mol. The van der Waals surface area contributed by atoms with Crippen LogP contribution in [0.1, 0.15) is 25.8 Å². The van der Waals surface area contributed by atoms with E-state index in [1.807, 2.05) is 79.5 Å². The molecule has 1 fully saturated rings. The maximum atomic E-state index is 12.4. The number of aliphatic imine (C=N–C) groups is 2. The minimum Gasteiger partial charge on any atom is -0.341 e. The number of nitrogens with two attached hydrogens (primary N) is 1. The zero-order valence-corrected chi connectivity index (χ0v) is 27.5. The highest BCUT2D eigenvalue weighted by atomic mass is 16.1. The van der Waals surface area contributed by atoms with Crippen molar-refractivity contribution in [3.63, 3.8) is 0 Å². The number of guanidine groups is 2. The molecular formula is C36H45N9O. The molecule has 1 aromatic heterocycles. The van der Waals surface area contributed by atoms with Crippen LogP contribution in [0.4, 0.5) is 5.69 Å². The van der Waals surface area contributed by atoms with Gasteiger partial charge in [-0.1, -0.05) is 62.9 Å². The van der Waals surface area contributed by atoms with Crippen molar-refractivity contribution in [1.29, 1.82) is 0 Å². The molecule has 4 N–H and O–H groups in total. The maximum Gasteiger partial charge on any atom is 0.248 e. The fraction of sp³-hybridized carbons (Fsp3) is 0.333. The second-order valence-electron chi connectivity index (χ2n) is 12.3. The lowest BCUT2D eigenvalue weighted by molar-refractivity contribution is -0.111. The van der Waals surface area contributed by atoms with Gasteiger partial charge in [-0.2, -0.15) is 4.99 Å². The van der Waals surface area contributed by atoms with Crippen LogP contribution in [0, 0.1) is 5.92 Å². The molecule has 10 heteroatoms. The second-order valence-corrected chi connectivity index (χ2v) is 12.3. The zero-order chi connectivity index (χ0) is 32.8. The third-order valence-corrected chi connectivity index (χ3v) is 8.15. The number of nitrogens with one attached hydrogen (secondary N) is 2. The van der Waals surface area contributed by atoms with E-state index in [4.69, 9.17) is 20.7 Å². The van der Waals surface area contributed by atoms with E-state index >= 15 is 0 Å². The van der Waals surface area contributed by atoms with Crippen molar-refractivity contribution in [3.8, 4) is 11.3 Å². The van der Waals surface area contributed by atoms with Crippen LogP contribution in [0.25, 0.3) is 22.0 Å². The van der Waals surface area contributed by atoms with Gasteiger partial charge in [0.05, 0.1) is 12.2 Å². The lowest BCUT2D eigenvalue weighted by atomic mass is 9.99. The van der Waals surface area contributed by atoms with Gasteiger partial charge in [0, 0.05) is 61.6 Å². The second kappa shape index (κ2) is 14.5. The minimum atomic E-state index is -0.159. The Labute approximate surface area is 272 Å². The molecule has 0 spiro atoms. The molecule has 1 amide bonds. The molecular weight excluding hydrogens is 574 g/mol. The van der Waals surface area contributed by atoms with Gasteiger partial charge >= 0.3 is 0 Å². The predicted octanol–water partition coefficient (Wildman–Crippen LogP) is 4.79. The number of likely N-dealkylation sites (N-methyl/N-ethyl adjacent to an activating group) is 1. The number of fused-ring (bicyclic) bond motifs is 1. The molecule has 3 heterocycles. The van der Waals surface area contributed by atoms with Crippen LogP contribution in [0.2, 0.25) is 0 Å². The van der Waals surface area contributed by atoms with E-state index in [1.54, 1.807) is 12.3 Å². The molecule has 0 bridgehead atoms. The number of rotatable bonds is 9. The van der Waals surface area contributed by atoms with Crippen LogP contribution in [0.15, 0.2) is 101 Å². The van der Waals surface area contributed by atoms with E-state index in [9.17, 15) is 4.79 Å². The first-order valence-electron chi connectivity index (χ1n) is 15.7. The third kappa shape index (κ3) is 7.52. The fourth-order valence-electron chi connectivity index (χ4n) is 5.70. The number of hydrogen-bond donors (Lipinski definition) is 3. The maximum absolute atomic E-state index is 12.4. The first kappa shape index (κ1) is 32.6.